The van der Waals surface area contributed by atoms with Gasteiger partial charge in [-0.3, -0.25) is 9.69 Å². The van der Waals surface area contributed by atoms with E-state index >= 15 is 0 Å². The molecule has 122 valence electrons. The van der Waals surface area contributed by atoms with E-state index in [9.17, 15) is 13.6 Å². The first-order valence-corrected chi connectivity index (χ1v) is 8.39. The average molecular weight is 410 g/mol. The molecule has 24 heavy (non-hydrogen) atoms. The highest BCUT2D eigenvalue weighted by Crippen LogP contribution is 2.29. The van der Waals surface area contributed by atoms with E-state index in [1.807, 2.05) is 24.3 Å². The number of benzene rings is 2. The van der Waals surface area contributed by atoms with Gasteiger partial charge in [0.2, 0.25) is 5.13 Å². The highest BCUT2D eigenvalue weighted by molar-refractivity contribution is 9.10. The van der Waals surface area contributed by atoms with Gasteiger partial charge in [0, 0.05) is 23.2 Å². The number of hydrogen-bond acceptors (Lipinski definition) is 4. The number of anilines is 1. The SMILES string of the molecule is CN(C(=O)c1ccc(F)cc1F)c1nnc(-c2ccc(Br)cc2)s1. The lowest BCUT2D eigenvalue weighted by molar-refractivity contribution is 0.0989. The molecule has 0 radical (unpaired) electrons. The molecule has 0 N–H and O–H groups in total. The highest BCUT2D eigenvalue weighted by Gasteiger charge is 2.21. The van der Waals surface area contributed by atoms with E-state index in [1.165, 1.54) is 23.3 Å². The Balaban J connectivity index is 1.86. The van der Waals surface area contributed by atoms with Crippen LogP contribution in [0.4, 0.5) is 13.9 Å². The van der Waals surface area contributed by atoms with Crippen molar-refractivity contribution in [2.24, 2.45) is 0 Å². The van der Waals surface area contributed by atoms with E-state index in [0.29, 0.717) is 16.2 Å². The first-order chi connectivity index (χ1) is 11.5. The molecule has 0 spiro atoms. The van der Waals surface area contributed by atoms with Gasteiger partial charge in [0.05, 0.1) is 5.56 Å². The summed E-state index contributed by atoms with van der Waals surface area (Å²) in [7, 11) is 1.47. The predicted octanol–water partition coefficient (Wildman–Crippen LogP) is 4.52. The third-order valence-corrected chi connectivity index (χ3v) is 4.84. The number of hydrogen-bond donors (Lipinski definition) is 0. The monoisotopic (exact) mass is 409 g/mol. The van der Waals surface area contributed by atoms with Gasteiger partial charge in [0.25, 0.3) is 5.91 Å². The number of halogens is 3. The van der Waals surface area contributed by atoms with Gasteiger partial charge in [0.15, 0.2) is 0 Å². The molecule has 3 aromatic rings. The zero-order valence-corrected chi connectivity index (χ0v) is 14.7. The molecule has 1 aromatic heterocycles. The molecule has 3 rings (SSSR count). The molecule has 2 aromatic carbocycles. The maximum atomic E-state index is 13.8. The van der Waals surface area contributed by atoms with Gasteiger partial charge in [-0.1, -0.05) is 39.4 Å². The smallest absolute Gasteiger partial charge is 0.262 e. The first-order valence-electron chi connectivity index (χ1n) is 6.78. The zero-order chi connectivity index (χ0) is 17.3. The largest absolute Gasteiger partial charge is 0.286 e. The summed E-state index contributed by atoms with van der Waals surface area (Å²) in [6, 6.07) is 10.3. The van der Waals surface area contributed by atoms with Crippen LogP contribution in [0.15, 0.2) is 46.9 Å². The van der Waals surface area contributed by atoms with Crippen LogP contribution >= 0.6 is 27.3 Å². The van der Waals surface area contributed by atoms with Crippen LogP contribution < -0.4 is 4.90 Å². The summed E-state index contributed by atoms with van der Waals surface area (Å²) in [5.41, 5.74) is 0.634. The van der Waals surface area contributed by atoms with Crippen molar-refractivity contribution in [1.29, 1.82) is 0 Å². The standard InChI is InChI=1S/C16H10BrF2N3OS/c1-22(15(23)12-7-6-11(18)8-13(12)19)16-21-20-14(24-16)9-2-4-10(17)5-3-9/h2-8H,1H3. The van der Waals surface area contributed by atoms with E-state index in [1.54, 1.807) is 0 Å². The molecule has 0 bridgehead atoms. The van der Waals surface area contributed by atoms with Crippen LogP contribution in [0.3, 0.4) is 0 Å². The fourth-order valence-corrected chi connectivity index (χ4v) is 3.06. The molecule has 0 saturated heterocycles. The van der Waals surface area contributed by atoms with E-state index in [0.717, 1.165) is 22.2 Å². The van der Waals surface area contributed by atoms with Crippen molar-refractivity contribution in [2.45, 2.75) is 0 Å². The number of nitrogens with zero attached hydrogens (tertiary/aromatic N) is 3. The van der Waals surface area contributed by atoms with Gasteiger partial charge in [0.1, 0.15) is 16.6 Å². The minimum Gasteiger partial charge on any atom is -0.286 e. The first kappa shape index (κ1) is 16.7. The predicted molar refractivity (Wildman–Crippen MR) is 92.1 cm³/mol. The topological polar surface area (TPSA) is 46.1 Å². The average Bonchev–Trinajstić information content (AvgIpc) is 3.04. The molecule has 0 aliphatic carbocycles. The summed E-state index contributed by atoms with van der Waals surface area (Å²) in [4.78, 5) is 13.6. The highest BCUT2D eigenvalue weighted by atomic mass is 79.9. The Morgan fingerprint density at radius 1 is 1.12 bits per heavy atom. The number of carbonyl (C=O) groups is 1. The zero-order valence-electron chi connectivity index (χ0n) is 12.3. The molecular weight excluding hydrogens is 400 g/mol. The molecule has 0 saturated carbocycles. The Bertz CT molecular complexity index is 899. The maximum absolute atomic E-state index is 13.8. The summed E-state index contributed by atoms with van der Waals surface area (Å²) in [5.74, 6) is -2.27. The van der Waals surface area contributed by atoms with Crippen molar-refractivity contribution in [3.8, 4) is 10.6 Å². The second-order valence-corrected chi connectivity index (χ2v) is 6.76. The minimum absolute atomic E-state index is 0.223. The van der Waals surface area contributed by atoms with Crippen molar-refractivity contribution < 1.29 is 13.6 Å². The van der Waals surface area contributed by atoms with E-state index in [-0.39, 0.29) is 5.56 Å². The Kier molecular flexibility index (Phi) is 4.68. The second-order valence-electron chi connectivity index (χ2n) is 4.89. The second kappa shape index (κ2) is 6.74. The van der Waals surface area contributed by atoms with Crippen molar-refractivity contribution in [2.75, 3.05) is 11.9 Å². The van der Waals surface area contributed by atoms with Crippen LogP contribution in [0.5, 0.6) is 0 Å². The molecule has 0 aliphatic rings. The molecule has 1 heterocycles. The normalized spacial score (nSPS) is 10.7. The third kappa shape index (κ3) is 3.34. The third-order valence-electron chi connectivity index (χ3n) is 3.26. The summed E-state index contributed by atoms with van der Waals surface area (Å²) in [6.07, 6.45) is 0. The van der Waals surface area contributed by atoms with Gasteiger partial charge in [-0.05, 0) is 24.3 Å². The lowest BCUT2D eigenvalue weighted by atomic mass is 10.2. The van der Waals surface area contributed by atoms with Gasteiger partial charge in [-0.15, -0.1) is 10.2 Å². The fraction of sp³-hybridized carbons (Fsp3) is 0.0625. The Morgan fingerprint density at radius 3 is 2.50 bits per heavy atom. The van der Waals surface area contributed by atoms with Crippen molar-refractivity contribution in [1.82, 2.24) is 10.2 Å². The lowest BCUT2D eigenvalue weighted by Crippen LogP contribution is -2.27. The van der Waals surface area contributed by atoms with E-state index in [4.69, 9.17) is 0 Å². The van der Waals surface area contributed by atoms with Crippen molar-refractivity contribution >= 4 is 38.3 Å². The molecule has 4 nitrogen and oxygen atoms in total. The van der Waals surface area contributed by atoms with Crippen molar-refractivity contribution in [3.63, 3.8) is 0 Å². The van der Waals surface area contributed by atoms with Crippen LogP contribution in [0.2, 0.25) is 0 Å². The minimum atomic E-state index is -0.913. The summed E-state index contributed by atoms with van der Waals surface area (Å²) < 4.78 is 27.7. The molecular formula is C16H10BrF2N3OS. The summed E-state index contributed by atoms with van der Waals surface area (Å²) in [6.45, 7) is 0. The van der Waals surface area contributed by atoms with Crippen molar-refractivity contribution in [3.05, 3.63) is 64.1 Å². The molecule has 1 amide bonds. The van der Waals surface area contributed by atoms with Gasteiger partial charge >= 0.3 is 0 Å². The Labute approximate surface area is 148 Å². The molecule has 0 aliphatic heterocycles. The molecule has 0 fully saturated rings. The summed E-state index contributed by atoms with van der Waals surface area (Å²) >= 11 is 4.56. The quantitative estimate of drug-likeness (QED) is 0.638. The lowest BCUT2D eigenvalue weighted by Gasteiger charge is -2.13. The van der Waals surface area contributed by atoms with E-state index < -0.39 is 17.5 Å². The van der Waals surface area contributed by atoms with E-state index in [2.05, 4.69) is 26.1 Å². The fourth-order valence-electron chi connectivity index (χ4n) is 1.99. The van der Waals surface area contributed by atoms with Crippen LogP contribution in [-0.2, 0) is 0 Å². The Hall–Kier alpha value is -2.19. The van der Waals surface area contributed by atoms with Gasteiger partial charge in [-0.25, -0.2) is 8.78 Å². The van der Waals surface area contributed by atoms with Crippen LogP contribution in [0, 0.1) is 11.6 Å². The Morgan fingerprint density at radius 2 is 1.83 bits per heavy atom. The molecule has 8 heteroatoms. The summed E-state index contributed by atoms with van der Waals surface area (Å²) in [5, 5.41) is 8.99. The number of amides is 1. The van der Waals surface area contributed by atoms with Crippen LogP contribution in [-0.4, -0.2) is 23.2 Å². The van der Waals surface area contributed by atoms with Gasteiger partial charge in [-0.2, -0.15) is 0 Å². The molecule has 0 atom stereocenters. The maximum Gasteiger partial charge on any atom is 0.262 e. The number of carbonyl (C=O) groups excluding carboxylic acids is 1. The van der Waals surface area contributed by atoms with Crippen LogP contribution in [0.25, 0.3) is 10.6 Å². The number of aromatic nitrogens is 2. The number of rotatable bonds is 3. The molecule has 0 unspecified atom stereocenters. The van der Waals surface area contributed by atoms with Crippen LogP contribution in [0.1, 0.15) is 10.4 Å². The van der Waals surface area contributed by atoms with Gasteiger partial charge < -0.3 is 0 Å².